The average Bonchev–Trinajstić information content (AvgIpc) is 2.69. The van der Waals surface area contributed by atoms with Gasteiger partial charge in [-0.2, -0.15) is 9.78 Å². The van der Waals surface area contributed by atoms with E-state index in [0.717, 1.165) is 34.2 Å². The van der Waals surface area contributed by atoms with Crippen LogP contribution in [0.1, 0.15) is 49.4 Å². The molecule has 1 heterocycles. The molecule has 0 atom stereocenters. The van der Waals surface area contributed by atoms with E-state index in [4.69, 9.17) is 4.98 Å². The van der Waals surface area contributed by atoms with Gasteiger partial charge in [0.1, 0.15) is 5.82 Å². The zero-order valence-electron chi connectivity index (χ0n) is 14.7. The second kappa shape index (κ2) is 8.22. The fourth-order valence-corrected chi connectivity index (χ4v) is 4.30. The van der Waals surface area contributed by atoms with E-state index in [1.807, 2.05) is 42.5 Å². The summed E-state index contributed by atoms with van der Waals surface area (Å²) in [6.07, 6.45) is 7.49. The Hall–Kier alpha value is -1.54. The van der Waals surface area contributed by atoms with Crippen molar-refractivity contribution in [2.24, 2.45) is 5.10 Å². The van der Waals surface area contributed by atoms with Crippen molar-refractivity contribution in [1.82, 2.24) is 9.66 Å². The number of fused-ring (bicyclic) bond motifs is 1. The third-order valence-electron chi connectivity index (χ3n) is 5.00. The molecule has 2 aromatic carbocycles. The second-order valence-corrected chi connectivity index (χ2v) is 9.04. The summed E-state index contributed by atoms with van der Waals surface area (Å²) in [5.74, 6) is 1.07. The van der Waals surface area contributed by atoms with Gasteiger partial charge in [-0.15, -0.1) is 0 Å². The van der Waals surface area contributed by atoms with Gasteiger partial charge in [-0.25, -0.2) is 4.98 Å². The van der Waals surface area contributed by atoms with E-state index >= 15 is 0 Å². The van der Waals surface area contributed by atoms with Gasteiger partial charge in [-0.1, -0.05) is 47.3 Å². The van der Waals surface area contributed by atoms with Crippen molar-refractivity contribution in [2.75, 3.05) is 0 Å². The largest absolute Gasteiger partial charge is 0.282 e. The number of hydrogen-bond donors (Lipinski definition) is 0. The normalized spacial score (nSPS) is 15.6. The van der Waals surface area contributed by atoms with Crippen molar-refractivity contribution in [3.05, 3.63) is 72.2 Å². The van der Waals surface area contributed by atoms with Crippen molar-refractivity contribution in [2.45, 2.75) is 38.0 Å². The van der Waals surface area contributed by atoms with E-state index in [0.29, 0.717) is 5.39 Å². The lowest BCUT2D eigenvalue weighted by molar-refractivity contribution is 0.416. The van der Waals surface area contributed by atoms with Crippen molar-refractivity contribution in [3.63, 3.8) is 0 Å². The Labute approximate surface area is 180 Å². The zero-order valence-corrected chi connectivity index (χ0v) is 18.5. The van der Waals surface area contributed by atoms with Crippen molar-refractivity contribution < 1.29 is 0 Å². The molecule has 27 heavy (non-hydrogen) atoms. The van der Waals surface area contributed by atoms with Crippen molar-refractivity contribution in [1.29, 1.82) is 0 Å². The minimum Gasteiger partial charge on any atom is -0.267 e. The Balaban J connectivity index is 1.85. The standard InChI is InChI=1S/C21H19BrIN3O/c22-16-8-11-19-18(12-16)21(27)26(20(25-19)15-4-2-1-3-5-15)24-13-14-6-9-17(23)10-7-14/h6-13,15H,1-5H2. The van der Waals surface area contributed by atoms with Crippen LogP contribution in [-0.2, 0) is 0 Å². The molecule has 0 bridgehead atoms. The summed E-state index contributed by atoms with van der Waals surface area (Å²) in [5.41, 5.74) is 1.60. The maximum Gasteiger partial charge on any atom is 0.282 e. The number of aromatic nitrogens is 2. The molecule has 0 aliphatic heterocycles. The van der Waals surface area contributed by atoms with Crippen LogP contribution in [0.4, 0.5) is 0 Å². The lowest BCUT2D eigenvalue weighted by atomic mass is 9.88. The summed E-state index contributed by atoms with van der Waals surface area (Å²) in [6, 6.07) is 13.7. The summed E-state index contributed by atoms with van der Waals surface area (Å²) in [5, 5.41) is 5.15. The molecule has 1 aliphatic carbocycles. The topological polar surface area (TPSA) is 47.2 Å². The zero-order chi connectivity index (χ0) is 18.8. The number of nitrogens with zero attached hydrogens (tertiary/aromatic N) is 3. The van der Waals surface area contributed by atoms with Gasteiger partial charge < -0.3 is 0 Å². The Bertz CT molecular complexity index is 1050. The molecule has 138 valence electrons. The molecule has 0 saturated heterocycles. The maximum atomic E-state index is 13.2. The lowest BCUT2D eigenvalue weighted by Gasteiger charge is -2.22. The lowest BCUT2D eigenvalue weighted by Crippen LogP contribution is -2.25. The highest BCUT2D eigenvalue weighted by Gasteiger charge is 2.22. The molecule has 0 unspecified atom stereocenters. The molecule has 1 aliphatic rings. The Kier molecular flexibility index (Phi) is 5.73. The van der Waals surface area contributed by atoms with Crippen LogP contribution in [0.5, 0.6) is 0 Å². The third-order valence-corrected chi connectivity index (χ3v) is 6.21. The van der Waals surface area contributed by atoms with Gasteiger partial charge in [0.25, 0.3) is 5.56 Å². The first-order valence-corrected chi connectivity index (χ1v) is 11.0. The molecule has 1 aromatic heterocycles. The molecule has 6 heteroatoms. The molecule has 1 fully saturated rings. The molecule has 0 N–H and O–H groups in total. The van der Waals surface area contributed by atoms with E-state index < -0.39 is 0 Å². The quantitative estimate of drug-likeness (QED) is 0.319. The monoisotopic (exact) mass is 535 g/mol. The van der Waals surface area contributed by atoms with Crippen LogP contribution < -0.4 is 5.56 Å². The molecular formula is C21H19BrIN3O. The van der Waals surface area contributed by atoms with Gasteiger partial charge in [0, 0.05) is 14.0 Å². The predicted octanol–water partition coefficient (Wildman–Crippen LogP) is 5.69. The van der Waals surface area contributed by atoms with Crippen LogP contribution in [0.25, 0.3) is 10.9 Å². The van der Waals surface area contributed by atoms with Gasteiger partial charge in [-0.3, -0.25) is 4.79 Å². The van der Waals surface area contributed by atoms with Crippen LogP contribution in [0.15, 0.2) is 56.8 Å². The van der Waals surface area contributed by atoms with Gasteiger partial charge >= 0.3 is 0 Å². The van der Waals surface area contributed by atoms with E-state index in [-0.39, 0.29) is 11.5 Å². The van der Waals surface area contributed by atoms with Gasteiger partial charge in [0.05, 0.1) is 17.1 Å². The molecule has 0 spiro atoms. The summed E-state index contributed by atoms with van der Waals surface area (Å²) in [6.45, 7) is 0. The highest BCUT2D eigenvalue weighted by atomic mass is 127. The predicted molar refractivity (Wildman–Crippen MR) is 122 cm³/mol. The van der Waals surface area contributed by atoms with Crippen LogP contribution in [0.2, 0.25) is 0 Å². The molecule has 3 aromatic rings. The summed E-state index contributed by atoms with van der Waals surface area (Å²) in [4.78, 5) is 18.1. The van der Waals surface area contributed by atoms with Crippen molar-refractivity contribution >= 4 is 55.6 Å². The Morgan fingerprint density at radius 3 is 2.59 bits per heavy atom. The highest BCUT2D eigenvalue weighted by molar-refractivity contribution is 14.1. The second-order valence-electron chi connectivity index (χ2n) is 6.88. The summed E-state index contributed by atoms with van der Waals surface area (Å²) in [7, 11) is 0. The summed E-state index contributed by atoms with van der Waals surface area (Å²) < 4.78 is 3.55. The molecule has 4 rings (SSSR count). The van der Waals surface area contributed by atoms with Gasteiger partial charge in [0.15, 0.2) is 0 Å². The fourth-order valence-electron chi connectivity index (χ4n) is 3.58. The van der Waals surface area contributed by atoms with E-state index in [2.05, 4.69) is 43.6 Å². The Morgan fingerprint density at radius 1 is 1.11 bits per heavy atom. The smallest absolute Gasteiger partial charge is 0.267 e. The molecule has 0 radical (unpaired) electrons. The number of rotatable bonds is 3. The molecule has 4 nitrogen and oxygen atoms in total. The van der Waals surface area contributed by atoms with Gasteiger partial charge in [0.2, 0.25) is 0 Å². The first-order chi connectivity index (χ1) is 13.1. The van der Waals surface area contributed by atoms with Crippen LogP contribution >= 0.6 is 38.5 Å². The van der Waals surface area contributed by atoms with Crippen LogP contribution in [0, 0.1) is 3.57 Å². The van der Waals surface area contributed by atoms with E-state index in [1.165, 1.54) is 27.5 Å². The minimum absolute atomic E-state index is 0.108. The minimum atomic E-state index is -0.108. The number of benzene rings is 2. The first-order valence-electron chi connectivity index (χ1n) is 9.14. The average molecular weight is 536 g/mol. The van der Waals surface area contributed by atoms with Crippen LogP contribution in [0.3, 0.4) is 0 Å². The van der Waals surface area contributed by atoms with E-state index in [1.54, 1.807) is 6.21 Å². The molecular weight excluding hydrogens is 517 g/mol. The Morgan fingerprint density at radius 2 is 1.85 bits per heavy atom. The maximum absolute atomic E-state index is 13.2. The van der Waals surface area contributed by atoms with Crippen LogP contribution in [-0.4, -0.2) is 15.9 Å². The highest BCUT2D eigenvalue weighted by Crippen LogP contribution is 2.32. The van der Waals surface area contributed by atoms with Crippen molar-refractivity contribution in [3.8, 4) is 0 Å². The fraction of sp³-hybridized carbons (Fsp3) is 0.286. The molecule has 1 saturated carbocycles. The van der Waals surface area contributed by atoms with Gasteiger partial charge in [-0.05, 0) is 71.3 Å². The first kappa shape index (κ1) is 18.8. The third kappa shape index (κ3) is 4.16. The number of hydrogen-bond acceptors (Lipinski definition) is 3. The van der Waals surface area contributed by atoms with E-state index in [9.17, 15) is 4.79 Å². The number of halogens is 2. The SMILES string of the molecule is O=c1c2cc(Br)ccc2nc(C2CCCCC2)n1N=Cc1ccc(I)cc1. The summed E-state index contributed by atoms with van der Waals surface area (Å²) >= 11 is 5.73. The molecule has 0 amide bonds.